The van der Waals surface area contributed by atoms with E-state index in [2.05, 4.69) is 15.2 Å². The molecule has 4 nitrogen and oxygen atoms in total. The molecule has 2 aliphatic rings. The molecule has 0 radical (unpaired) electrons. The zero-order chi connectivity index (χ0) is 12.1. The van der Waals surface area contributed by atoms with E-state index in [1.807, 2.05) is 0 Å². The molecule has 6 heteroatoms. The van der Waals surface area contributed by atoms with E-state index in [4.69, 9.17) is 4.42 Å². The molecule has 0 spiro atoms. The van der Waals surface area contributed by atoms with Crippen molar-refractivity contribution < 1.29 is 8.81 Å². The Labute approximate surface area is 116 Å². The van der Waals surface area contributed by atoms with E-state index in [1.165, 1.54) is 18.6 Å². The molecule has 1 aromatic heterocycles. The van der Waals surface area contributed by atoms with Crippen LogP contribution in [0.4, 0.5) is 10.4 Å². The third kappa shape index (κ3) is 2.07. The van der Waals surface area contributed by atoms with Gasteiger partial charge in [-0.15, -0.1) is 12.4 Å². The van der Waals surface area contributed by atoms with Gasteiger partial charge in [0.2, 0.25) is 0 Å². The molecule has 2 saturated heterocycles. The summed E-state index contributed by atoms with van der Waals surface area (Å²) in [5.74, 6) is 0.532. The van der Waals surface area contributed by atoms with Gasteiger partial charge in [-0.3, -0.25) is 0 Å². The minimum atomic E-state index is -0.276. The van der Waals surface area contributed by atoms with Crippen molar-refractivity contribution in [2.75, 3.05) is 24.5 Å². The number of nitrogens with one attached hydrogen (secondary N) is 1. The summed E-state index contributed by atoms with van der Waals surface area (Å²) in [5.41, 5.74) is 1.24. The van der Waals surface area contributed by atoms with Crippen molar-refractivity contribution in [2.24, 2.45) is 5.92 Å². The van der Waals surface area contributed by atoms with E-state index in [1.54, 1.807) is 6.07 Å². The van der Waals surface area contributed by atoms with Crippen molar-refractivity contribution in [3.8, 4) is 0 Å². The van der Waals surface area contributed by atoms with Gasteiger partial charge in [-0.25, -0.2) is 4.39 Å². The molecule has 2 atom stereocenters. The lowest BCUT2D eigenvalue weighted by atomic mass is 9.85. The fourth-order valence-electron chi connectivity index (χ4n) is 2.82. The molecule has 3 heterocycles. The van der Waals surface area contributed by atoms with Gasteiger partial charge >= 0.3 is 0 Å². The second-order valence-corrected chi connectivity index (χ2v) is 5.12. The standard InChI is InChI=1S/C13H14FN3O.ClH/c14-9-1-2-12-10(5-9)16-13(18-12)17-4-3-8-6-15-11(8)7-17;/h1-2,5,8,11,15H,3-4,6-7H2;1H/t8-,11-;/m1./s1. The first kappa shape index (κ1) is 12.7. The highest BCUT2D eigenvalue weighted by atomic mass is 35.5. The van der Waals surface area contributed by atoms with Crippen LogP contribution in [0.15, 0.2) is 22.6 Å². The van der Waals surface area contributed by atoms with Crippen molar-refractivity contribution in [3.63, 3.8) is 0 Å². The normalized spacial score (nSPS) is 25.6. The van der Waals surface area contributed by atoms with Crippen LogP contribution in [0.1, 0.15) is 6.42 Å². The minimum Gasteiger partial charge on any atom is -0.423 e. The second-order valence-electron chi connectivity index (χ2n) is 5.12. The maximum absolute atomic E-state index is 13.1. The summed E-state index contributed by atoms with van der Waals surface area (Å²) in [4.78, 5) is 6.52. The number of benzene rings is 1. The molecule has 0 aliphatic carbocycles. The molecule has 1 aromatic carbocycles. The Bertz CT molecular complexity index is 603. The molecule has 1 N–H and O–H groups in total. The molecule has 2 aromatic rings. The largest absolute Gasteiger partial charge is 0.423 e. The van der Waals surface area contributed by atoms with Crippen molar-refractivity contribution in [1.29, 1.82) is 0 Å². The Morgan fingerprint density at radius 3 is 3.05 bits per heavy atom. The molecule has 0 unspecified atom stereocenters. The fraction of sp³-hybridized carbons (Fsp3) is 0.462. The van der Waals surface area contributed by atoms with Gasteiger partial charge in [-0.1, -0.05) is 0 Å². The van der Waals surface area contributed by atoms with Crippen LogP contribution in [0, 0.1) is 11.7 Å². The van der Waals surface area contributed by atoms with Gasteiger partial charge in [0, 0.05) is 25.2 Å². The molecule has 2 fully saturated rings. The summed E-state index contributed by atoms with van der Waals surface area (Å²) in [7, 11) is 0. The van der Waals surface area contributed by atoms with Gasteiger partial charge in [-0.05, 0) is 31.0 Å². The number of hydrogen-bond acceptors (Lipinski definition) is 4. The van der Waals surface area contributed by atoms with Crippen LogP contribution in [0.3, 0.4) is 0 Å². The van der Waals surface area contributed by atoms with Gasteiger partial charge in [0.25, 0.3) is 6.01 Å². The molecule has 4 rings (SSSR count). The summed E-state index contributed by atoms with van der Waals surface area (Å²) in [6.07, 6.45) is 1.17. The Kier molecular flexibility index (Phi) is 3.11. The SMILES string of the molecule is Cl.Fc1ccc2oc(N3CC[C@@H]4CN[C@@H]4C3)nc2c1. The summed E-state index contributed by atoms with van der Waals surface area (Å²) in [5, 5.41) is 3.42. The minimum absolute atomic E-state index is 0. The summed E-state index contributed by atoms with van der Waals surface area (Å²) >= 11 is 0. The monoisotopic (exact) mass is 283 g/mol. The molecule has 0 saturated carbocycles. The molecular weight excluding hydrogens is 269 g/mol. The van der Waals surface area contributed by atoms with Crippen molar-refractivity contribution in [3.05, 3.63) is 24.0 Å². The maximum Gasteiger partial charge on any atom is 0.298 e. The fourth-order valence-corrected chi connectivity index (χ4v) is 2.82. The van der Waals surface area contributed by atoms with E-state index in [-0.39, 0.29) is 18.2 Å². The first-order valence-electron chi connectivity index (χ1n) is 6.34. The average molecular weight is 284 g/mol. The smallest absolute Gasteiger partial charge is 0.298 e. The predicted octanol–water partition coefficient (Wildman–Crippen LogP) is 2.19. The van der Waals surface area contributed by atoms with Crippen LogP contribution in [0.25, 0.3) is 11.1 Å². The zero-order valence-corrected chi connectivity index (χ0v) is 11.1. The van der Waals surface area contributed by atoms with Crippen LogP contribution >= 0.6 is 12.4 Å². The van der Waals surface area contributed by atoms with Crippen molar-refractivity contribution >= 4 is 29.5 Å². The number of aromatic nitrogens is 1. The summed E-state index contributed by atoms with van der Waals surface area (Å²) in [6, 6.07) is 5.62. The highest BCUT2D eigenvalue weighted by molar-refractivity contribution is 5.85. The summed E-state index contributed by atoms with van der Waals surface area (Å²) < 4.78 is 18.8. The number of halogens is 2. The van der Waals surface area contributed by atoms with Crippen LogP contribution in [0.2, 0.25) is 0 Å². The molecule has 19 heavy (non-hydrogen) atoms. The van der Waals surface area contributed by atoms with E-state index < -0.39 is 0 Å². The van der Waals surface area contributed by atoms with Crippen LogP contribution in [-0.2, 0) is 0 Å². The number of oxazole rings is 1. The zero-order valence-electron chi connectivity index (χ0n) is 10.3. The number of nitrogens with zero attached hydrogens (tertiary/aromatic N) is 2. The Morgan fingerprint density at radius 1 is 1.42 bits per heavy atom. The third-order valence-corrected chi connectivity index (χ3v) is 4.01. The Hall–Kier alpha value is -1.33. The van der Waals surface area contributed by atoms with Crippen LogP contribution < -0.4 is 10.2 Å². The summed E-state index contributed by atoms with van der Waals surface area (Å²) in [6.45, 7) is 3.04. The Morgan fingerprint density at radius 2 is 2.32 bits per heavy atom. The van der Waals surface area contributed by atoms with E-state index in [0.717, 1.165) is 25.6 Å². The van der Waals surface area contributed by atoms with Crippen LogP contribution in [-0.4, -0.2) is 30.7 Å². The molecule has 2 aliphatic heterocycles. The first-order valence-corrected chi connectivity index (χ1v) is 6.34. The maximum atomic E-state index is 13.1. The lowest BCUT2D eigenvalue weighted by molar-refractivity contribution is 0.193. The molecule has 102 valence electrons. The number of anilines is 1. The lowest BCUT2D eigenvalue weighted by Gasteiger charge is -2.45. The molecule has 0 amide bonds. The first-order chi connectivity index (χ1) is 8.79. The van der Waals surface area contributed by atoms with Crippen molar-refractivity contribution in [2.45, 2.75) is 12.5 Å². The third-order valence-electron chi connectivity index (χ3n) is 4.01. The topological polar surface area (TPSA) is 41.3 Å². The van der Waals surface area contributed by atoms with E-state index in [9.17, 15) is 4.39 Å². The Balaban J connectivity index is 0.00000110. The molecule has 0 bridgehead atoms. The highest BCUT2D eigenvalue weighted by Gasteiger charge is 2.36. The predicted molar refractivity (Wildman–Crippen MR) is 73.3 cm³/mol. The van der Waals surface area contributed by atoms with Crippen molar-refractivity contribution in [1.82, 2.24) is 10.3 Å². The van der Waals surface area contributed by atoms with Gasteiger partial charge in [-0.2, -0.15) is 4.98 Å². The number of rotatable bonds is 1. The number of hydrogen-bond donors (Lipinski definition) is 1. The lowest BCUT2D eigenvalue weighted by Crippen LogP contribution is -2.62. The van der Waals surface area contributed by atoms with Crippen LogP contribution in [0.5, 0.6) is 0 Å². The van der Waals surface area contributed by atoms with E-state index >= 15 is 0 Å². The number of piperidine rings is 1. The average Bonchev–Trinajstić information content (AvgIpc) is 2.73. The second kappa shape index (κ2) is 4.65. The van der Waals surface area contributed by atoms with Gasteiger partial charge in [0.05, 0.1) is 0 Å². The van der Waals surface area contributed by atoms with Gasteiger partial charge < -0.3 is 14.6 Å². The van der Waals surface area contributed by atoms with Gasteiger partial charge in [0.15, 0.2) is 5.58 Å². The molecular formula is C13H15ClFN3O. The highest BCUT2D eigenvalue weighted by Crippen LogP contribution is 2.29. The quantitative estimate of drug-likeness (QED) is 0.871. The van der Waals surface area contributed by atoms with E-state index in [0.29, 0.717) is 23.2 Å². The number of fused-ring (bicyclic) bond motifs is 2. The van der Waals surface area contributed by atoms with Gasteiger partial charge in [0.1, 0.15) is 11.3 Å².